The highest BCUT2D eigenvalue weighted by Gasteiger charge is 2.64. The first-order chi connectivity index (χ1) is 9.69. The van der Waals surface area contributed by atoms with Gasteiger partial charge >= 0.3 is 0 Å². The molecule has 3 aliphatic carbocycles. The number of Topliss-reactive ketones (excluding diaryl/α,β-unsaturated/α-hetero) is 2. The fourth-order valence-electron chi connectivity index (χ4n) is 5.23. The summed E-state index contributed by atoms with van der Waals surface area (Å²) in [6.07, 6.45) is 5.09. The van der Waals surface area contributed by atoms with Crippen molar-refractivity contribution in [1.29, 1.82) is 0 Å². The predicted molar refractivity (Wildman–Crippen MR) is 75.4 cm³/mol. The Bertz CT molecular complexity index is 588. The van der Waals surface area contributed by atoms with Gasteiger partial charge in [-0.3, -0.25) is 9.59 Å². The van der Waals surface area contributed by atoms with E-state index in [9.17, 15) is 14.8 Å². The van der Waals surface area contributed by atoms with Crippen molar-refractivity contribution in [1.82, 2.24) is 5.06 Å². The van der Waals surface area contributed by atoms with Gasteiger partial charge in [-0.25, -0.2) is 0 Å². The fraction of sp³-hybridized carbons (Fsp3) is 0.647. The van der Waals surface area contributed by atoms with Gasteiger partial charge in [-0.1, -0.05) is 12.2 Å². The van der Waals surface area contributed by atoms with Crippen LogP contribution in [0.3, 0.4) is 0 Å². The van der Waals surface area contributed by atoms with Crippen LogP contribution in [0.25, 0.3) is 0 Å². The Morgan fingerprint density at radius 1 is 0.905 bits per heavy atom. The number of allylic oxidation sites excluding steroid dienone is 2. The summed E-state index contributed by atoms with van der Waals surface area (Å²) in [5.74, 6) is 0.00151. The Labute approximate surface area is 124 Å². The molecule has 4 heteroatoms. The van der Waals surface area contributed by atoms with Gasteiger partial charge in [0.15, 0.2) is 11.6 Å². The molecule has 1 aliphatic heterocycles. The summed E-state index contributed by atoms with van der Waals surface area (Å²) >= 11 is 0. The molecule has 0 N–H and O–H groups in total. The zero-order chi connectivity index (χ0) is 15.3. The SMILES string of the molecule is CC1(C)C2=C(C(=O)[C@H]3[C@@H](C2=O)[C@H]2C=C[C@@H]3C2)C(C)(C)N1[O]. The van der Waals surface area contributed by atoms with Crippen molar-refractivity contribution in [3.05, 3.63) is 23.3 Å². The standard InChI is InChI=1S/C17H20NO3/c1-16(2)12-13(17(3,4)18(16)21)15(20)11-9-6-5-8(7-9)10(11)14(12)19/h5-6,8-11H,7H2,1-4H3/t8-,9+,10-,11+. The van der Waals surface area contributed by atoms with Crippen molar-refractivity contribution in [2.75, 3.05) is 0 Å². The molecule has 4 rings (SSSR count). The first kappa shape index (κ1) is 13.4. The van der Waals surface area contributed by atoms with E-state index in [2.05, 4.69) is 12.2 Å². The lowest BCUT2D eigenvalue weighted by atomic mass is 9.65. The lowest BCUT2D eigenvalue weighted by Crippen LogP contribution is -2.48. The van der Waals surface area contributed by atoms with Crippen molar-refractivity contribution in [3.8, 4) is 0 Å². The highest BCUT2D eigenvalue weighted by Crippen LogP contribution is 2.58. The van der Waals surface area contributed by atoms with Gasteiger partial charge in [-0.05, 0) is 46.0 Å². The van der Waals surface area contributed by atoms with Crippen LogP contribution in [0.5, 0.6) is 0 Å². The molecule has 0 amide bonds. The second kappa shape index (κ2) is 3.55. The van der Waals surface area contributed by atoms with Crippen molar-refractivity contribution in [2.24, 2.45) is 23.7 Å². The minimum absolute atomic E-state index is 0.0443. The number of ketones is 2. The molecule has 1 saturated carbocycles. The number of rotatable bonds is 0. The summed E-state index contributed by atoms with van der Waals surface area (Å²) in [4.78, 5) is 26.1. The molecule has 4 nitrogen and oxygen atoms in total. The van der Waals surface area contributed by atoms with E-state index in [1.54, 1.807) is 27.7 Å². The Kier molecular flexibility index (Phi) is 2.27. The minimum atomic E-state index is -0.915. The van der Waals surface area contributed by atoms with Gasteiger partial charge in [0.2, 0.25) is 0 Å². The highest BCUT2D eigenvalue weighted by molar-refractivity contribution is 6.17. The normalized spacial score (nSPS) is 42.7. The van der Waals surface area contributed by atoms with Crippen LogP contribution in [0.1, 0.15) is 34.1 Å². The number of fused-ring (bicyclic) bond motifs is 5. The van der Waals surface area contributed by atoms with Crippen LogP contribution in [0.2, 0.25) is 0 Å². The predicted octanol–water partition coefficient (Wildman–Crippen LogP) is 2.09. The van der Waals surface area contributed by atoms with Gasteiger partial charge in [0.05, 0.1) is 11.1 Å². The number of hydrogen-bond donors (Lipinski definition) is 0. The van der Waals surface area contributed by atoms with Crippen molar-refractivity contribution < 1.29 is 14.8 Å². The Hall–Kier alpha value is -1.26. The average Bonchev–Trinajstić information content (AvgIpc) is 3.04. The monoisotopic (exact) mass is 286 g/mol. The highest BCUT2D eigenvalue weighted by atomic mass is 16.5. The average molecular weight is 286 g/mol. The maximum absolute atomic E-state index is 13.1. The summed E-state index contributed by atoms with van der Waals surface area (Å²) in [7, 11) is 0. The van der Waals surface area contributed by atoms with Gasteiger partial charge in [0, 0.05) is 23.0 Å². The molecule has 1 radical (unpaired) electrons. The molecule has 0 spiro atoms. The molecule has 4 atom stereocenters. The van der Waals surface area contributed by atoms with E-state index in [1.165, 1.54) is 0 Å². The minimum Gasteiger partial charge on any atom is -0.294 e. The largest absolute Gasteiger partial charge is 0.294 e. The maximum Gasteiger partial charge on any atom is 0.165 e. The van der Waals surface area contributed by atoms with Gasteiger partial charge in [0.25, 0.3) is 0 Å². The van der Waals surface area contributed by atoms with Gasteiger partial charge in [-0.2, -0.15) is 0 Å². The van der Waals surface area contributed by atoms with Crippen LogP contribution in [0.4, 0.5) is 0 Å². The van der Waals surface area contributed by atoms with Crippen molar-refractivity contribution >= 4 is 11.6 Å². The molecule has 0 unspecified atom stereocenters. The molecule has 111 valence electrons. The number of nitrogens with zero attached hydrogens (tertiary/aromatic N) is 1. The molecule has 0 aromatic rings. The van der Waals surface area contributed by atoms with Gasteiger partial charge in [-0.15, -0.1) is 10.3 Å². The van der Waals surface area contributed by atoms with Crippen molar-refractivity contribution in [2.45, 2.75) is 45.2 Å². The van der Waals surface area contributed by atoms with E-state index in [0.717, 1.165) is 11.5 Å². The smallest absolute Gasteiger partial charge is 0.165 e. The van der Waals surface area contributed by atoms with Crippen LogP contribution in [-0.2, 0) is 14.8 Å². The van der Waals surface area contributed by atoms with Crippen LogP contribution in [-0.4, -0.2) is 27.7 Å². The number of carbonyl (C=O) groups is 2. The maximum atomic E-state index is 13.1. The van der Waals surface area contributed by atoms with Crippen LogP contribution < -0.4 is 0 Å². The third kappa shape index (κ3) is 1.29. The summed E-state index contributed by atoms with van der Waals surface area (Å²) in [5.41, 5.74) is -0.867. The molecule has 4 aliphatic rings. The van der Waals surface area contributed by atoms with E-state index in [0.29, 0.717) is 11.1 Å². The van der Waals surface area contributed by atoms with E-state index in [4.69, 9.17) is 0 Å². The molecule has 0 saturated heterocycles. The summed E-state index contributed by atoms with van der Waals surface area (Å²) in [5, 5.41) is 13.6. The van der Waals surface area contributed by atoms with E-state index in [-0.39, 0.29) is 35.2 Å². The molecular weight excluding hydrogens is 266 g/mol. The first-order valence-corrected chi connectivity index (χ1v) is 7.68. The van der Waals surface area contributed by atoms with E-state index in [1.807, 2.05) is 0 Å². The molecule has 1 fully saturated rings. The second-order valence-electron chi connectivity index (χ2n) is 7.89. The Morgan fingerprint density at radius 3 is 1.67 bits per heavy atom. The summed E-state index contributed by atoms with van der Waals surface area (Å²) < 4.78 is 0. The van der Waals surface area contributed by atoms with E-state index < -0.39 is 11.1 Å². The van der Waals surface area contributed by atoms with E-state index >= 15 is 0 Å². The lowest BCUT2D eigenvalue weighted by Gasteiger charge is -2.34. The fourth-order valence-corrected chi connectivity index (χ4v) is 5.23. The molecule has 21 heavy (non-hydrogen) atoms. The topological polar surface area (TPSA) is 57.3 Å². The van der Waals surface area contributed by atoms with Gasteiger partial charge < -0.3 is 0 Å². The lowest BCUT2D eigenvalue weighted by molar-refractivity contribution is -0.240. The molecule has 0 aromatic carbocycles. The molecular formula is C17H20NO3. The number of hydroxylamine groups is 2. The third-order valence-electron chi connectivity index (χ3n) is 6.05. The zero-order valence-electron chi connectivity index (χ0n) is 12.8. The summed E-state index contributed by atoms with van der Waals surface area (Å²) in [6.45, 7) is 7.05. The first-order valence-electron chi connectivity index (χ1n) is 7.68. The summed E-state index contributed by atoms with van der Waals surface area (Å²) in [6, 6.07) is 0. The Morgan fingerprint density at radius 2 is 1.29 bits per heavy atom. The molecule has 1 heterocycles. The van der Waals surface area contributed by atoms with Crippen LogP contribution in [0.15, 0.2) is 23.3 Å². The molecule has 0 aromatic heterocycles. The third-order valence-corrected chi connectivity index (χ3v) is 6.05. The van der Waals surface area contributed by atoms with Gasteiger partial charge in [0.1, 0.15) is 0 Å². The molecule has 2 bridgehead atoms. The second-order valence-corrected chi connectivity index (χ2v) is 7.89. The quantitative estimate of drug-likeness (QED) is 0.641. The Balaban J connectivity index is 1.94. The van der Waals surface area contributed by atoms with Crippen molar-refractivity contribution in [3.63, 3.8) is 0 Å². The van der Waals surface area contributed by atoms with Crippen LogP contribution in [0, 0.1) is 23.7 Å². The zero-order valence-corrected chi connectivity index (χ0v) is 12.8. The number of hydrogen-bond acceptors (Lipinski definition) is 3. The number of carbonyl (C=O) groups excluding carboxylic acids is 2. The van der Waals surface area contributed by atoms with Crippen LogP contribution >= 0.6 is 0 Å².